The summed E-state index contributed by atoms with van der Waals surface area (Å²) in [7, 11) is 0. The minimum atomic E-state index is -6.29. The van der Waals surface area contributed by atoms with Crippen molar-refractivity contribution in [2.75, 3.05) is 6.61 Å². The summed E-state index contributed by atoms with van der Waals surface area (Å²) in [6.07, 6.45) is 0. The monoisotopic (exact) mass is 286 g/mol. The van der Waals surface area contributed by atoms with Crippen LogP contribution in [-0.4, -0.2) is 35.6 Å². The first kappa shape index (κ1) is 16.0. The Kier molecular flexibility index (Phi) is 4.44. The lowest BCUT2D eigenvalue weighted by Crippen LogP contribution is -2.60. The predicted octanol–water partition coefficient (Wildman–Crippen LogP) is 2.22. The van der Waals surface area contributed by atoms with Gasteiger partial charge in [-0.05, 0) is 18.5 Å². The summed E-state index contributed by atoms with van der Waals surface area (Å²) < 4.78 is 79.4. The number of hydrogen-bond acceptors (Lipinski definition) is 3. The molecule has 17 heavy (non-hydrogen) atoms. The predicted molar refractivity (Wildman–Crippen MR) is 42.3 cm³/mol. The van der Waals surface area contributed by atoms with Crippen molar-refractivity contribution in [2.24, 2.45) is 0 Å². The van der Waals surface area contributed by atoms with E-state index in [1.807, 2.05) is 0 Å². The van der Waals surface area contributed by atoms with Crippen molar-refractivity contribution in [3.8, 4) is 0 Å². The molecule has 10 heteroatoms. The van der Waals surface area contributed by atoms with Crippen molar-refractivity contribution in [3.05, 3.63) is 0 Å². The van der Waals surface area contributed by atoms with Crippen molar-refractivity contribution in [1.82, 2.24) is 0 Å². The Hall–Kier alpha value is -0.990. The van der Waals surface area contributed by atoms with E-state index in [9.17, 15) is 35.9 Å². The molecule has 100 valence electrons. The average Bonchev–Trinajstić information content (AvgIpc) is 2.17. The average molecular weight is 287 g/mol. The zero-order chi connectivity index (χ0) is 14.1. The van der Waals surface area contributed by atoms with Crippen molar-refractivity contribution >= 4 is 22.8 Å². The highest BCUT2D eigenvalue weighted by molar-refractivity contribution is 6.65. The van der Waals surface area contributed by atoms with Gasteiger partial charge in [0, 0.05) is 0 Å². The van der Waals surface area contributed by atoms with Crippen LogP contribution in [0.25, 0.3) is 0 Å². The zero-order valence-corrected chi connectivity index (χ0v) is 8.83. The second-order valence-corrected chi connectivity index (χ2v) is 3.06. The van der Waals surface area contributed by atoms with E-state index in [-0.39, 0.29) is 0 Å². The lowest BCUT2D eigenvalue weighted by Gasteiger charge is -2.28. The number of rotatable bonds is 5. The van der Waals surface area contributed by atoms with Crippen molar-refractivity contribution in [2.45, 2.75) is 24.7 Å². The van der Waals surface area contributed by atoms with Crippen LogP contribution in [0.5, 0.6) is 0 Å². The Morgan fingerprint density at radius 1 is 1.06 bits per heavy atom. The minimum Gasteiger partial charge on any atom is -0.461 e. The van der Waals surface area contributed by atoms with Crippen LogP contribution < -0.4 is 0 Å². The van der Waals surface area contributed by atoms with E-state index >= 15 is 0 Å². The van der Waals surface area contributed by atoms with Gasteiger partial charge in [0.25, 0.3) is 5.24 Å². The number of hydrogen-bond donors (Lipinski definition) is 0. The molecular weight excluding hydrogens is 282 g/mol. The van der Waals surface area contributed by atoms with Crippen molar-refractivity contribution in [1.29, 1.82) is 0 Å². The van der Waals surface area contributed by atoms with Gasteiger partial charge in [0.15, 0.2) is 0 Å². The summed E-state index contributed by atoms with van der Waals surface area (Å²) in [5, 5.41) is -3.01. The molecule has 0 N–H and O–H groups in total. The van der Waals surface area contributed by atoms with E-state index in [2.05, 4.69) is 16.3 Å². The molecule has 0 aliphatic heterocycles. The van der Waals surface area contributed by atoms with E-state index < -0.39 is 35.6 Å². The standard InChI is InChI=1S/C7H5ClF6O3/c1-2-17-4(16)6(11,12)7(13,14)5(9,10)3(8)15/h2H2,1H3. The lowest BCUT2D eigenvalue weighted by molar-refractivity contribution is -0.291. The quantitative estimate of drug-likeness (QED) is 0.442. The maximum absolute atomic E-state index is 12.7. The van der Waals surface area contributed by atoms with Gasteiger partial charge in [-0.2, -0.15) is 26.3 Å². The summed E-state index contributed by atoms with van der Waals surface area (Å²) in [5.74, 6) is -20.9. The van der Waals surface area contributed by atoms with Gasteiger partial charge >= 0.3 is 23.7 Å². The van der Waals surface area contributed by atoms with Crippen LogP contribution >= 0.6 is 11.6 Å². The second kappa shape index (κ2) is 4.71. The van der Waals surface area contributed by atoms with Gasteiger partial charge in [-0.15, -0.1) is 0 Å². The SMILES string of the molecule is CCOC(=O)C(F)(F)C(F)(F)C(F)(F)C(=O)Cl. The Morgan fingerprint density at radius 2 is 1.47 bits per heavy atom. The summed E-state index contributed by atoms with van der Waals surface area (Å²) >= 11 is 4.09. The van der Waals surface area contributed by atoms with Crippen LogP contribution in [0, 0.1) is 0 Å². The molecule has 0 aromatic carbocycles. The van der Waals surface area contributed by atoms with Gasteiger partial charge in [0.2, 0.25) is 0 Å². The molecule has 0 fully saturated rings. The maximum atomic E-state index is 12.7. The van der Waals surface area contributed by atoms with Crippen LogP contribution in [-0.2, 0) is 14.3 Å². The fraction of sp³-hybridized carbons (Fsp3) is 0.714. The highest BCUT2D eigenvalue weighted by Crippen LogP contribution is 2.47. The summed E-state index contributed by atoms with van der Waals surface area (Å²) in [5.41, 5.74) is 0. The molecule has 0 bridgehead atoms. The van der Waals surface area contributed by atoms with Crippen LogP contribution in [0.4, 0.5) is 26.3 Å². The molecule has 0 heterocycles. The fourth-order valence-corrected chi connectivity index (χ4v) is 0.789. The van der Waals surface area contributed by atoms with Gasteiger partial charge in [0.05, 0.1) is 6.61 Å². The van der Waals surface area contributed by atoms with Gasteiger partial charge in [-0.25, -0.2) is 4.79 Å². The molecule has 0 unspecified atom stereocenters. The molecule has 0 aliphatic rings. The third-order valence-electron chi connectivity index (χ3n) is 1.57. The molecule has 0 radical (unpaired) electrons. The number of esters is 1. The van der Waals surface area contributed by atoms with Gasteiger partial charge in [-0.3, -0.25) is 4.79 Å². The summed E-state index contributed by atoms with van der Waals surface area (Å²) in [4.78, 5) is 20.4. The number of halogens is 7. The Morgan fingerprint density at radius 3 is 1.76 bits per heavy atom. The molecule has 0 aromatic rings. The number of carbonyl (C=O) groups excluding carboxylic acids is 2. The molecule has 0 atom stereocenters. The first-order valence-electron chi connectivity index (χ1n) is 3.93. The van der Waals surface area contributed by atoms with Crippen LogP contribution in [0.2, 0.25) is 0 Å². The van der Waals surface area contributed by atoms with Gasteiger partial charge in [-0.1, -0.05) is 0 Å². The molecule has 0 saturated carbocycles. The van der Waals surface area contributed by atoms with E-state index in [0.29, 0.717) is 0 Å². The largest absolute Gasteiger partial charge is 0.461 e. The van der Waals surface area contributed by atoms with E-state index in [0.717, 1.165) is 6.92 Å². The number of ether oxygens (including phenoxy) is 1. The molecule has 0 rings (SSSR count). The van der Waals surface area contributed by atoms with Crippen LogP contribution in [0.1, 0.15) is 6.92 Å². The van der Waals surface area contributed by atoms with Crippen molar-refractivity contribution in [3.63, 3.8) is 0 Å². The van der Waals surface area contributed by atoms with E-state index in [1.54, 1.807) is 0 Å². The number of alkyl halides is 6. The molecule has 0 saturated heterocycles. The number of carbonyl (C=O) groups is 2. The zero-order valence-electron chi connectivity index (χ0n) is 8.08. The van der Waals surface area contributed by atoms with Gasteiger partial charge < -0.3 is 4.74 Å². The first-order valence-corrected chi connectivity index (χ1v) is 4.31. The fourth-order valence-electron chi connectivity index (χ4n) is 0.671. The highest BCUT2D eigenvalue weighted by atomic mass is 35.5. The maximum Gasteiger partial charge on any atom is 0.411 e. The molecule has 0 amide bonds. The van der Waals surface area contributed by atoms with Crippen molar-refractivity contribution < 1.29 is 40.7 Å². The summed E-state index contributed by atoms with van der Waals surface area (Å²) in [6.45, 7) is 0.266. The topological polar surface area (TPSA) is 43.4 Å². The minimum absolute atomic E-state index is 0.731. The third-order valence-corrected chi connectivity index (χ3v) is 1.80. The van der Waals surface area contributed by atoms with Gasteiger partial charge in [0.1, 0.15) is 0 Å². The van der Waals surface area contributed by atoms with Crippen LogP contribution in [0.15, 0.2) is 0 Å². The van der Waals surface area contributed by atoms with E-state index in [1.165, 1.54) is 0 Å². The molecule has 0 aromatic heterocycles. The highest BCUT2D eigenvalue weighted by Gasteiger charge is 2.78. The molecule has 0 aliphatic carbocycles. The lowest BCUT2D eigenvalue weighted by atomic mass is 10.1. The second-order valence-electron chi connectivity index (χ2n) is 2.72. The smallest absolute Gasteiger partial charge is 0.411 e. The third kappa shape index (κ3) is 2.48. The van der Waals surface area contributed by atoms with E-state index in [4.69, 9.17) is 0 Å². The Labute approximate surface area is 95.7 Å². The first-order chi connectivity index (χ1) is 7.42. The Bertz CT molecular complexity index is 330. The normalized spacial score (nSPS) is 13.4. The van der Waals surface area contributed by atoms with Crippen LogP contribution in [0.3, 0.4) is 0 Å². The molecule has 0 spiro atoms. The summed E-state index contributed by atoms with van der Waals surface area (Å²) in [6, 6.07) is 0. The molecule has 3 nitrogen and oxygen atoms in total. The Balaban J connectivity index is 5.44. The molecular formula is C7H5ClF6O3.